The van der Waals surface area contributed by atoms with Crippen LogP contribution in [0.4, 0.5) is 64.8 Å². The number of alkyl halides is 13. The van der Waals surface area contributed by atoms with Gasteiger partial charge in [-0.1, -0.05) is 0 Å². The van der Waals surface area contributed by atoms with E-state index in [1.54, 1.807) is 0 Å². The summed E-state index contributed by atoms with van der Waals surface area (Å²) >= 11 is -6.05. The van der Waals surface area contributed by atoms with Crippen LogP contribution < -0.4 is 0 Å². The Hall–Kier alpha value is -0.700. The van der Waals surface area contributed by atoms with E-state index in [4.69, 9.17) is 0 Å². The number of hydrogen-bond donors (Lipinski definition) is 0. The molecule has 134 valence electrons. The summed E-state index contributed by atoms with van der Waals surface area (Å²) in [5.41, 5.74) is 0. The first-order chi connectivity index (χ1) is 9.19. The van der Waals surface area contributed by atoms with Crippen LogP contribution >= 0.6 is 0 Å². The fourth-order valence-electron chi connectivity index (χ4n) is 0.852. The van der Waals surface area contributed by atoms with Crippen molar-refractivity contribution in [1.29, 1.82) is 0 Å². The second-order valence-electron chi connectivity index (χ2n) is 3.52. The van der Waals surface area contributed by atoms with Crippen LogP contribution in [0.5, 0.6) is 0 Å². The fraction of sp³-hybridized carbons (Fsp3) is 1.00. The van der Waals surface area contributed by atoms with E-state index in [-0.39, 0.29) is 0 Å². The van der Waals surface area contributed by atoms with Crippen molar-refractivity contribution in [2.75, 3.05) is 0 Å². The van der Waals surface area contributed by atoms with Gasteiger partial charge < -0.3 is 0 Å². The van der Waals surface area contributed by atoms with E-state index in [1.165, 1.54) is 0 Å². The maximum Gasteiger partial charge on any atom is 0.560 e. The predicted molar refractivity (Wildman–Crippen MR) is 40.4 cm³/mol. The van der Waals surface area contributed by atoms with Crippen molar-refractivity contribution in [3.63, 3.8) is 0 Å². The molecule has 0 aromatic rings. The van der Waals surface area contributed by atoms with Crippen LogP contribution in [-0.2, 0) is 11.7 Å². The zero-order chi connectivity index (χ0) is 18.6. The highest BCUT2D eigenvalue weighted by Gasteiger charge is 2.95. The number of rotatable bonds is 5. The summed E-state index contributed by atoms with van der Waals surface area (Å²) in [7, 11) is 0. The van der Waals surface area contributed by atoms with Gasteiger partial charge in [-0.3, -0.25) is 0 Å². The van der Waals surface area contributed by atoms with Gasteiger partial charge >= 0.3 is 46.8 Å². The Balaban J connectivity index is 6.24. The molecule has 16 heteroatoms. The SMILES string of the molecule is F[S+](F)C(F)(F)C(F)(F)C(F)(F)C(F)(F)C(F)(F)C(F)(F)F. The number of hydrogen-bond acceptors (Lipinski definition) is 0. The van der Waals surface area contributed by atoms with Crippen molar-refractivity contribution in [3.05, 3.63) is 0 Å². The smallest absolute Gasteiger partial charge is 0.192 e. The molecule has 0 aromatic heterocycles. The van der Waals surface area contributed by atoms with Crippen LogP contribution in [-0.4, -0.2) is 35.1 Å². The van der Waals surface area contributed by atoms with E-state index in [1.807, 2.05) is 0 Å². The first-order valence-corrected chi connectivity index (χ1v) is 5.24. The average Bonchev–Trinajstić information content (AvgIpc) is 2.25. The van der Waals surface area contributed by atoms with Crippen molar-refractivity contribution in [2.45, 2.75) is 35.1 Å². The zero-order valence-electron chi connectivity index (χ0n) is 9.08. The van der Waals surface area contributed by atoms with Gasteiger partial charge in [0.2, 0.25) is 0 Å². The van der Waals surface area contributed by atoms with Gasteiger partial charge in [-0.05, 0) is 0 Å². The highest BCUT2D eigenvalue weighted by atomic mass is 32.3. The highest BCUT2D eigenvalue weighted by Crippen LogP contribution is 2.61. The lowest BCUT2D eigenvalue weighted by atomic mass is 9.98. The van der Waals surface area contributed by atoms with Crippen molar-refractivity contribution < 1.29 is 64.8 Å². The van der Waals surface area contributed by atoms with Crippen molar-refractivity contribution in [3.8, 4) is 0 Å². The third kappa shape index (κ3) is 2.55. The summed E-state index contributed by atoms with van der Waals surface area (Å²) < 4.78 is 182. The molecular formula is C6F15S+. The van der Waals surface area contributed by atoms with Crippen LogP contribution in [0.2, 0.25) is 0 Å². The van der Waals surface area contributed by atoms with Crippen LogP contribution in [0.3, 0.4) is 0 Å². The van der Waals surface area contributed by atoms with Gasteiger partial charge in [0.05, 0.1) is 7.77 Å². The monoisotopic (exact) mass is 389 g/mol. The van der Waals surface area contributed by atoms with Crippen LogP contribution in [0.1, 0.15) is 0 Å². The second-order valence-corrected chi connectivity index (χ2v) is 4.46. The van der Waals surface area contributed by atoms with Crippen molar-refractivity contribution in [1.82, 2.24) is 0 Å². The van der Waals surface area contributed by atoms with Crippen molar-refractivity contribution >= 4 is 11.7 Å². The molecule has 22 heavy (non-hydrogen) atoms. The fourth-order valence-corrected chi connectivity index (χ4v) is 1.17. The summed E-state index contributed by atoms with van der Waals surface area (Å²) in [5, 5.41) is -7.29. The topological polar surface area (TPSA) is 0 Å². The Morgan fingerprint density at radius 2 is 0.682 bits per heavy atom. The van der Waals surface area contributed by atoms with E-state index in [0.717, 1.165) is 0 Å². The van der Waals surface area contributed by atoms with E-state index < -0.39 is 46.8 Å². The lowest BCUT2D eigenvalue weighted by molar-refractivity contribution is -0.433. The summed E-state index contributed by atoms with van der Waals surface area (Å²) in [6, 6.07) is 0. The van der Waals surface area contributed by atoms with Gasteiger partial charge in [-0.15, -0.1) is 8.78 Å². The van der Waals surface area contributed by atoms with E-state index in [0.29, 0.717) is 0 Å². The molecule has 0 unspecified atom stereocenters. The molecule has 0 saturated carbocycles. The predicted octanol–water partition coefficient (Wildman–Crippen LogP) is 5.07. The summed E-state index contributed by atoms with van der Waals surface area (Å²) in [6.07, 6.45) is -7.56. The Morgan fingerprint density at radius 3 is 0.909 bits per heavy atom. The second kappa shape index (κ2) is 5.15. The number of halogens is 15. The molecule has 0 saturated heterocycles. The molecule has 0 spiro atoms. The molecule has 0 radical (unpaired) electrons. The molecule has 0 fully saturated rings. The maximum atomic E-state index is 12.6. The standard InChI is InChI=1S/C6F15S/c7-1(8,3(11,12)5(15,16)17)2(9,10)4(13,14)6(18,19)22(20)21/q+1. The summed E-state index contributed by atoms with van der Waals surface area (Å²) in [4.78, 5) is 0. The quantitative estimate of drug-likeness (QED) is 0.455. The largest absolute Gasteiger partial charge is 0.560 e. The van der Waals surface area contributed by atoms with Gasteiger partial charge in [0.1, 0.15) is 0 Å². The molecule has 0 nitrogen and oxygen atoms in total. The van der Waals surface area contributed by atoms with E-state index in [9.17, 15) is 64.8 Å². The molecule has 0 aliphatic rings. The maximum absolute atomic E-state index is 12.6. The van der Waals surface area contributed by atoms with Crippen LogP contribution in [0, 0.1) is 0 Å². The lowest BCUT2D eigenvalue weighted by Gasteiger charge is -2.36. The Morgan fingerprint density at radius 1 is 0.409 bits per heavy atom. The third-order valence-corrected chi connectivity index (χ3v) is 2.74. The van der Waals surface area contributed by atoms with Crippen LogP contribution in [0.25, 0.3) is 0 Å². The summed E-state index contributed by atoms with van der Waals surface area (Å²) in [6.45, 7) is 0. The molecule has 0 heterocycles. The molecule has 0 aliphatic carbocycles. The molecule has 0 atom stereocenters. The van der Waals surface area contributed by atoms with E-state index in [2.05, 4.69) is 0 Å². The minimum atomic E-state index is -8.16. The molecule has 0 N–H and O–H groups in total. The molecular weight excluding hydrogens is 389 g/mol. The third-order valence-electron chi connectivity index (χ3n) is 2.10. The lowest BCUT2D eigenvalue weighted by Crippen LogP contribution is -2.70. The molecule has 0 amide bonds. The van der Waals surface area contributed by atoms with Crippen LogP contribution in [0.15, 0.2) is 0 Å². The molecule has 0 bridgehead atoms. The normalized spacial score (nSPS) is 16.4. The highest BCUT2D eigenvalue weighted by molar-refractivity contribution is 7.88. The Labute approximate surface area is 113 Å². The van der Waals surface area contributed by atoms with E-state index >= 15 is 0 Å². The van der Waals surface area contributed by atoms with Crippen molar-refractivity contribution in [2.24, 2.45) is 0 Å². The van der Waals surface area contributed by atoms with Gasteiger partial charge in [0.15, 0.2) is 0 Å². The zero-order valence-corrected chi connectivity index (χ0v) is 9.89. The van der Waals surface area contributed by atoms with Gasteiger partial charge in [-0.2, -0.15) is 48.3 Å². The molecule has 0 aromatic carbocycles. The Kier molecular flexibility index (Phi) is 4.99. The van der Waals surface area contributed by atoms with Gasteiger partial charge in [-0.25, -0.2) is 0 Å². The summed E-state index contributed by atoms with van der Waals surface area (Å²) in [5.74, 6) is -32.1. The molecule has 0 rings (SSSR count). The Bertz CT molecular complexity index is 405. The minimum absolute atomic E-state index is 6.05. The minimum Gasteiger partial charge on any atom is -0.192 e. The van der Waals surface area contributed by atoms with Gasteiger partial charge in [0.25, 0.3) is 0 Å². The first-order valence-electron chi connectivity index (χ1n) is 4.22. The first kappa shape index (κ1) is 21.3. The average molecular weight is 389 g/mol. The van der Waals surface area contributed by atoms with Gasteiger partial charge in [0, 0.05) is 0 Å². The molecule has 0 aliphatic heterocycles.